The number of hydrogen-bond acceptors (Lipinski definition) is 8. The van der Waals surface area contributed by atoms with Gasteiger partial charge in [-0.15, -0.1) is 0 Å². The zero-order valence-electron chi connectivity index (χ0n) is 63.2. The number of likely N-dealkylation sites (N-methyl/N-ethyl adjacent to an activating group) is 1. The van der Waals surface area contributed by atoms with Crippen LogP contribution in [0.4, 0.5) is 0 Å². The predicted molar refractivity (Wildman–Crippen MR) is 424 cm³/mol. The molecule has 0 bridgehead atoms. The van der Waals surface area contributed by atoms with Gasteiger partial charge in [0, 0.05) is 12.8 Å². The maximum absolute atomic E-state index is 12.9. The Labute approximate surface area is 603 Å². The molecule has 0 aromatic heterocycles. The molecule has 0 aliphatic heterocycles. The number of allylic oxidation sites excluding steroid dienone is 32. The first-order valence-corrected chi connectivity index (χ1v) is 40.6. The molecule has 0 saturated carbocycles. The number of ether oxygens (including phenoxy) is 2. The topological polar surface area (TPSA) is 111 Å². The third-order valence-corrected chi connectivity index (χ3v) is 17.1. The Hall–Kier alpha value is -5.15. The number of nitrogens with zero attached hydrogens (tertiary/aromatic N) is 1. The number of carbonyl (C=O) groups is 2. The van der Waals surface area contributed by atoms with Crippen LogP contribution in [-0.4, -0.2) is 70.0 Å². The fourth-order valence-electron chi connectivity index (χ4n) is 10.2. The van der Waals surface area contributed by atoms with E-state index >= 15 is 0 Å². The Morgan fingerprint density at radius 3 is 0.816 bits per heavy atom. The molecule has 0 saturated heterocycles. The van der Waals surface area contributed by atoms with E-state index < -0.39 is 26.5 Å². The van der Waals surface area contributed by atoms with Gasteiger partial charge in [0.1, 0.15) is 19.8 Å². The molecule has 2 atom stereocenters. The minimum atomic E-state index is -4.66. The van der Waals surface area contributed by atoms with Crippen molar-refractivity contribution in [2.24, 2.45) is 0 Å². The number of rotatable bonds is 70. The highest BCUT2D eigenvalue weighted by atomic mass is 31.2. The molecular weight excluding hydrogens is 1230 g/mol. The predicted octanol–water partition coefficient (Wildman–Crippen LogP) is 25.8. The molecule has 2 unspecified atom stereocenters. The highest BCUT2D eigenvalue weighted by Gasteiger charge is 2.22. The molecule has 0 aromatic carbocycles. The van der Waals surface area contributed by atoms with Crippen molar-refractivity contribution < 1.29 is 42.1 Å². The molecule has 0 amide bonds. The quantitative estimate of drug-likeness (QED) is 0.0195. The average Bonchev–Trinajstić information content (AvgIpc) is 1.08. The first-order chi connectivity index (χ1) is 48.0. The SMILES string of the molecule is CC/C=C\C/C=C\C/C=C\C/C=C\C/C=C\C/C=C\C/C=C\C/C=C\C/C=C\C/C=C\CCCCCCCCCCCCC(=O)OC(COC(=O)CCCCCCCCCCCCCCCC/C=C\C/C=C\C/C=C\C/C=C\C/C=C\C/C=C\CC)COP(=O)([O-])OCC[N+](C)(C)C. The summed E-state index contributed by atoms with van der Waals surface area (Å²) in [4.78, 5) is 38.2. The Bertz CT molecular complexity index is 2360. The molecule has 0 fully saturated rings. The van der Waals surface area contributed by atoms with Crippen LogP contribution in [0.15, 0.2) is 194 Å². The summed E-state index contributed by atoms with van der Waals surface area (Å²) in [5, 5.41) is 0. The number of carbonyl (C=O) groups excluding carboxylic acids is 2. The molecule has 0 aliphatic carbocycles. The molecular formula is C88H144NO8P. The molecule has 0 aliphatic rings. The van der Waals surface area contributed by atoms with Crippen molar-refractivity contribution in [3.63, 3.8) is 0 Å². The van der Waals surface area contributed by atoms with Gasteiger partial charge in [-0.2, -0.15) is 0 Å². The molecule has 0 aromatic rings. The molecule has 0 radical (unpaired) electrons. The Morgan fingerprint density at radius 1 is 0.316 bits per heavy atom. The van der Waals surface area contributed by atoms with Crippen molar-refractivity contribution in [3.05, 3.63) is 194 Å². The number of esters is 2. The molecule has 10 heteroatoms. The Morgan fingerprint density at radius 2 is 0.551 bits per heavy atom. The van der Waals surface area contributed by atoms with Gasteiger partial charge in [-0.3, -0.25) is 14.2 Å². The van der Waals surface area contributed by atoms with Crippen molar-refractivity contribution in [3.8, 4) is 0 Å². The van der Waals surface area contributed by atoms with Gasteiger partial charge in [-0.05, 0) is 141 Å². The maximum Gasteiger partial charge on any atom is 0.306 e. The van der Waals surface area contributed by atoms with Gasteiger partial charge in [-0.25, -0.2) is 0 Å². The lowest BCUT2D eigenvalue weighted by molar-refractivity contribution is -0.870. The van der Waals surface area contributed by atoms with E-state index in [1.165, 1.54) is 116 Å². The number of hydrogen-bond donors (Lipinski definition) is 0. The second-order valence-electron chi connectivity index (χ2n) is 26.6. The smallest absolute Gasteiger partial charge is 0.306 e. The van der Waals surface area contributed by atoms with E-state index in [1.807, 2.05) is 21.1 Å². The average molecular weight is 1380 g/mol. The standard InChI is InChI=1S/C88H144NO8P/c1-6-8-10-12-14-16-18-20-22-24-26-28-30-32-34-36-38-40-41-42-43-44-45-46-47-49-51-53-55-57-59-61-63-65-67-69-71-73-75-77-79-81-88(91)97-86(85-96-98(92,93)95-83-82-89(3,4)5)84-94-87(90)80-78-76-74-72-70-68-66-64-62-60-58-56-54-52-50-48-39-37-35-33-31-29-27-25-23-21-19-17-15-13-11-9-7-2/h8-11,14-17,20-23,26-29,32-35,38-40,42-43,45-46,48-49,51,55,57,86H,6-7,12-13,18-19,24-25,30-31,36-37,41,44,47,50,52-54,56,58-85H2,1-5H3/b10-8-,11-9-,16-14-,17-15-,22-20-,23-21-,28-26-,29-27-,34-32-,35-33-,40-38-,43-42-,46-45-,48-39-,51-49-,57-55-. The van der Waals surface area contributed by atoms with Crippen molar-refractivity contribution in [2.75, 3.05) is 47.5 Å². The number of phosphoric acid groups is 1. The van der Waals surface area contributed by atoms with Crippen molar-refractivity contribution in [2.45, 2.75) is 302 Å². The molecule has 0 N–H and O–H groups in total. The maximum atomic E-state index is 12.9. The van der Waals surface area contributed by atoms with Crippen LogP contribution < -0.4 is 4.89 Å². The third-order valence-electron chi connectivity index (χ3n) is 16.1. The van der Waals surface area contributed by atoms with Crippen LogP contribution in [0.25, 0.3) is 0 Å². The summed E-state index contributed by atoms with van der Waals surface area (Å²) in [5.74, 6) is -0.844. The van der Waals surface area contributed by atoms with E-state index in [0.717, 1.165) is 148 Å². The molecule has 554 valence electrons. The van der Waals surface area contributed by atoms with Crippen molar-refractivity contribution in [1.29, 1.82) is 0 Å². The number of phosphoric ester groups is 1. The highest BCUT2D eigenvalue weighted by Crippen LogP contribution is 2.38. The van der Waals surface area contributed by atoms with Gasteiger partial charge in [0.05, 0.1) is 27.7 Å². The minimum absolute atomic E-state index is 0.0401. The summed E-state index contributed by atoms with van der Waals surface area (Å²) in [6, 6.07) is 0. The summed E-state index contributed by atoms with van der Waals surface area (Å²) in [7, 11) is 1.15. The summed E-state index contributed by atoms with van der Waals surface area (Å²) in [6.07, 6.45) is 118. The van der Waals surface area contributed by atoms with E-state index in [1.54, 1.807) is 0 Å². The second kappa shape index (κ2) is 76.0. The second-order valence-corrected chi connectivity index (χ2v) is 28.0. The van der Waals surface area contributed by atoms with Crippen molar-refractivity contribution >= 4 is 19.8 Å². The van der Waals surface area contributed by atoms with Crippen molar-refractivity contribution in [1.82, 2.24) is 0 Å². The molecule has 0 heterocycles. The zero-order valence-corrected chi connectivity index (χ0v) is 64.0. The first-order valence-electron chi connectivity index (χ1n) is 39.1. The van der Waals surface area contributed by atoms with Gasteiger partial charge >= 0.3 is 11.9 Å². The lowest BCUT2D eigenvalue weighted by Gasteiger charge is -2.28. The zero-order chi connectivity index (χ0) is 71.1. The Kier molecular flexibility index (Phi) is 72.0. The highest BCUT2D eigenvalue weighted by molar-refractivity contribution is 7.45. The van der Waals surface area contributed by atoms with E-state index in [2.05, 4.69) is 208 Å². The van der Waals surface area contributed by atoms with Crippen LogP contribution >= 0.6 is 7.82 Å². The number of unbranched alkanes of at least 4 members (excludes halogenated alkanes) is 24. The Balaban J connectivity index is 4.07. The van der Waals surface area contributed by atoms with Crippen LogP contribution in [0.3, 0.4) is 0 Å². The van der Waals surface area contributed by atoms with Crippen LogP contribution in [-0.2, 0) is 32.7 Å². The van der Waals surface area contributed by atoms with Gasteiger partial charge in [0.25, 0.3) is 7.82 Å². The van der Waals surface area contributed by atoms with Gasteiger partial charge in [0.2, 0.25) is 0 Å². The minimum Gasteiger partial charge on any atom is -0.756 e. The third kappa shape index (κ3) is 79.8. The lowest BCUT2D eigenvalue weighted by Crippen LogP contribution is -2.37. The van der Waals surface area contributed by atoms with E-state index in [9.17, 15) is 19.0 Å². The molecule has 0 rings (SSSR count). The van der Waals surface area contributed by atoms with Crippen LogP contribution in [0.5, 0.6) is 0 Å². The first kappa shape index (κ1) is 92.8. The molecule has 98 heavy (non-hydrogen) atoms. The number of quaternary nitrogens is 1. The summed E-state index contributed by atoms with van der Waals surface area (Å²) < 4.78 is 34.4. The fourth-order valence-corrected chi connectivity index (χ4v) is 10.9. The van der Waals surface area contributed by atoms with Gasteiger partial charge in [-0.1, -0.05) is 337 Å². The monoisotopic (exact) mass is 1370 g/mol. The molecule has 0 spiro atoms. The lowest BCUT2D eigenvalue weighted by atomic mass is 10.0. The van der Waals surface area contributed by atoms with Gasteiger partial charge in [0.15, 0.2) is 6.10 Å². The van der Waals surface area contributed by atoms with E-state index in [0.29, 0.717) is 17.4 Å². The fraction of sp³-hybridized carbons (Fsp3) is 0.614. The van der Waals surface area contributed by atoms with Crippen LogP contribution in [0.1, 0.15) is 296 Å². The largest absolute Gasteiger partial charge is 0.756 e. The van der Waals surface area contributed by atoms with E-state index in [4.69, 9.17) is 18.5 Å². The summed E-state index contributed by atoms with van der Waals surface area (Å²) >= 11 is 0. The molecule has 9 nitrogen and oxygen atoms in total. The summed E-state index contributed by atoms with van der Waals surface area (Å²) in [5.41, 5.74) is 0. The van der Waals surface area contributed by atoms with Gasteiger partial charge < -0.3 is 27.9 Å². The summed E-state index contributed by atoms with van der Waals surface area (Å²) in [6.45, 7) is 4.00. The van der Waals surface area contributed by atoms with Crippen LogP contribution in [0.2, 0.25) is 0 Å². The van der Waals surface area contributed by atoms with E-state index in [-0.39, 0.29) is 32.0 Å². The normalized spacial score (nSPS) is 14.1. The van der Waals surface area contributed by atoms with Crippen LogP contribution in [0, 0.1) is 0 Å².